The lowest BCUT2D eigenvalue weighted by atomic mass is 10.0. The minimum Gasteiger partial charge on any atom is -0.756 e. The number of aliphatic hydroxyl groups excluding tert-OH is 1. The molecule has 3 unspecified atom stereocenters. The average molecular weight is 1360 g/mol. The fourth-order valence-corrected chi connectivity index (χ4v) is 14.0. The van der Waals surface area contributed by atoms with Gasteiger partial charge in [0.15, 0.2) is 0 Å². The molecule has 0 aliphatic carbocycles. The number of amides is 1. The first kappa shape index (κ1) is 93.5. The summed E-state index contributed by atoms with van der Waals surface area (Å²) in [5, 5.41) is 14.0. The van der Waals surface area contributed by atoms with Gasteiger partial charge in [-0.15, -0.1) is 0 Å². The van der Waals surface area contributed by atoms with E-state index in [1.165, 1.54) is 372 Å². The number of phosphoric acid groups is 1. The second-order valence-electron chi connectivity index (χ2n) is 30.5. The molecule has 0 radical (unpaired) electrons. The van der Waals surface area contributed by atoms with E-state index in [0.29, 0.717) is 17.4 Å². The quantitative estimate of drug-likeness (QED) is 0.0272. The first-order chi connectivity index (χ1) is 46.5. The van der Waals surface area contributed by atoms with Crippen LogP contribution in [0.1, 0.15) is 444 Å². The first-order valence-corrected chi connectivity index (χ1v) is 44.0. The molecule has 0 spiro atoms. The lowest BCUT2D eigenvalue weighted by molar-refractivity contribution is -0.870. The summed E-state index contributed by atoms with van der Waals surface area (Å²) in [5.74, 6) is -0.187. The summed E-state index contributed by atoms with van der Waals surface area (Å²) < 4.78 is 23.6. The fourth-order valence-electron chi connectivity index (χ4n) is 13.2. The van der Waals surface area contributed by atoms with Crippen molar-refractivity contribution in [3.05, 3.63) is 48.6 Å². The van der Waals surface area contributed by atoms with Crippen LogP contribution in [0.3, 0.4) is 0 Å². The van der Waals surface area contributed by atoms with Gasteiger partial charge in [-0.3, -0.25) is 9.36 Å². The molecule has 0 fully saturated rings. The number of nitrogens with one attached hydrogen (secondary N) is 1. The van der Waals surface area contributed by atoms with Crippen molar-refractivity contribution >= 4 is 13.7 Å². The molecule has 0 saturated heterocycles. The van der Waals surface area contributed by atoms with Crippen molar-refractivity contribution in [1.82, 2.24) is 5.32 Å². The van der Waals surface area contributed by atoms with Gasteiger partial charge in [-0.2, -0.15) is 0 Å². The number of likely N-dealkylation sites (N-methyl/N-ethyl adjacent to an activating group) is 1. The highest BCUT2D eigenvalue weighted by molar-refractivity contribution is 7.45. The van der Waals surface area contributed by atoms with Crippen LogP contribution in [0.15, 0.2) is 48.6 Å². The molecule has 0 heterocycles. The van der Waals surface area contributed by atoms with E-state index >= 15 is 0 Å². The summed E-state index contributed by atoms with van der Waals surface area (Å²) in [4.78, 5) is 25.7. The third kappa shape index (κ3) is 79.7. The van der Waals surface area contributed by atoms with Crippen LogP contribution in [-0.2, 0) is 18.4 Å². The van der Waals surface area contributed by atoms with Crippen molar-refractivity contribution in [2.45, 2.75) is 456 Å². The van der Waals surface area contributed by atoms with E-state index in [-0.39, 0.29) is 19.1 Å². The molecule has 0 aliphatic rings. The van der Waals surface area contributed by atoms with Crippen LogP contribution in [0.2, 0.25) is 0 Å². The van der Waals surface area contributed by atoms with Crippen LogP contribution in [0.5, 0.6) is 0 Å². The van der Waals surface area contributed by atoms with Gasteiger partial charge in [-0.05, 0) is 57.8 Å². The monoisotopic (exact) mass is 1360 g/mol. The molecule has 0 rings (SSSR count). The number of rotatable bonds is 80. The standard InChI is InChI=1S/C86H167N2O6P/c1-6-8-10-12-14-16-18-20-22-24-26-28-30-32-34-36-38-40-41-42-43-44-45-46-47-48-50-52-54-56-58-60-62-64-66-68-70-72-74-76-78-80-86(90)87-84(83-94-95(91,92)93-82-81-88(3,4)5)85(89)79-77-75-73-71-69-67-65-63-61-59-57-55-53-51-49-39-37-35-33-31-29-27-25-23-21-19-17-15-13-11-9-7-2/h18,20,24,26,30,32,77,79,84-85,89H,6-17,19,21-23,25,27-29,31,33-76,78,80-83H2,1-5H3,(H-,87,90,91,92)/b20-18-,26-24-,32-30-,79-77+. The summed E-state index contributed by atoms with van der Waals surface area (Å²) in [5.41, 5.74) is 0. The summed E-state index contributed by atoms with van der Waals surface area (Å²) in [7, 11) is 1.28. The molecular formula is C86H167N2O6P. The molecule has 0 aromatic heterocycles. The molecule has 0 bridgehead atoms. The molecule has 95 heavy (non-hydrogen) atoms. The number of hydrogen-bond donors (Lipinski definition) is 2. The van der Waals surface area contributed by atoms with Gasteiger partial charge in [0.2, 0.25) is 5.91 Å². The Hall–Kier alpha value is -1.54. The van der Waals surface area contributed by atoms with Crippen LogP contribution >= 0.6 is 7.82 Å². The van der Waals surface area contributed by atoms with Gasteiger partial charge in [0.1, 0.15) is 13.2 Å². The van der Waals surface area contributed by atoms with Crippen LogP contribution < -0.4 is 10.2 Å². The van der Waals surface area contributed by atoms with Crippen LogP contribution in [-0.4, -0.2) is 68.5 Å². The van der Waals surface area contributed by atoms with Gasteiger partial charge in [-0.1, -0.05) is 428 Å². The van der Waals surface area contributed by atoms with E-state index in [2.05, 4.69) is 55.6 Å². The molecular weight excluding hydrogens is 1190 g/mol. The summed E-state index contributed by atoms with van der Waals surface area (Å²) in [6.45, 7) is 4.71. The summed E-state index contributed by atoms with van der Waals surface area (Å²) in [6.07, 6.45) is 106. The number of carbonyl (C=O) groups is 1. The summed E-state index contributed by atoms with van der Waals surface area (Å²) in [6, 6.07) is -0.888. The zero-order chi connectivity index (χ0) is 69.0. The van der Waals surface area contributed by atoms with Crippen molar-refractivity contribution < 1.29 is 32.9 Å². The van der Waals surface area contributed by atoms with Gasteiger partial charge in [0.25, 0.3) is 7.82 Å². The lowest BCUT2D eigenvalue weighted by Crippen LogP contribution is -2.45. The van der Waals surface area contributed by atoms with E-state index < -0.39 is 20.0 Å². The van der Waals surface area contributed by atoms with Gasteiger partial charge >= 0.3 is 0 Å². The third-order valence-corrected chi connectivity index (χ3v) is 20.7. The second-order valence-corrected chi connectivity index (χ2v) is 32.0. The predicted octanol–water partition coefficient (Wildman–Crippen LogP) is 27.4. The predicted molar refractivity (Wildman–Crippen MR) is 418 cm³/mol. The molecule has 0 aromatic rings. The number of hydrogen-bond acceptors (Lipinski definition) is 6. The topological polar surface area (TPSA) is 108 Å². The van der Waals surface area contributed by atoms with Crippen molar-refractivity contribution in [1.29, 1.82) is 0 Å². The highest BCUT2D eigenvalue weighted by atomic mass is 31.2. The molecule has 0 aliphatic heterocycles. The molecule has 3 atom stereocenters. The molecule has 9 heteroatoms. The van der Waals surface area contributed by atoms with Gasteiger partial charge in [-0.25, -0.2) is 0 Å². The SMILES string of the molecule is CCCCCCC/C=C\C/C=C\C/C=C\CCCCCCCCCCCCCCCCCCCCCCCCCCCCC(=O)NC(COP(=O)([O-])OCC[N+](C)(C)C)C(O)/C=C/CCCCCCCCCCCCCCCCCCCCCCCCCCCCCCCC. The third-order valence-electron chi connectivity index (χ3n) is 19.8. The summed E-state index contributed by atoms with van der Waals surface area (Å²) >= 11 is 0. The van der Waals surface area contributed by atoms with Crippen molar-refractivity contribution in [2.75, 3.05) is 40.9 Å². The minimum absolute atomic E-state index is 0.00139. The largest absolute Gasteiger partial charge is 0.756 e. The van der Waals surface area contributed by atoms with Gasteiger partial charge < -0.3 is 28.8 Å². The normalized spacial score (nSPS) is 13.6. The van der Waals surface area contributed by atoms with E-state index in [1.54, 1.807) is 6.08 Å². The Morgan fingerprint density at radius 2 is 0.611 bits per heavy atom. The Kier molecular flexibility index (Phi) is 75.4. The lowest BCUT2D eigenvalue weighted by Gasteiger charge is -2.29. The Bertz CT molecular complexity index is 1690. The Balaban J connectivity index is 3.90. The molecule has 2 N–H and O–H groups in total. The molecule has 0 saturated carbocycles. The van der Waals surface area contributed by atoms with Crippen molar-refractivity contribution in [3.63, 3.8) is 0 Å². The minimum atomic E-state index is -4.61. The maximum atomic E-state index is 13.1. The molecule has 8 nitrogen and oxygen atoms in total. The Labute approximate surface area is 594 Å². The van der Waals surface area contributed by atoms with Gasteiger partial charge in [0, 0.05) is 6.42 Å². The maximum absolute atomic E-state index is 13.1. The number of carbonyl (C=O) groups excluding carboxylic acids is 1. The van der Waals surface area contributed by atoms with Gasteiger partial charge in [0.05, 0.1) is 39.9 Å². The van der Waals surface area contributed by atoms with Crippen LogP contribution in [0, 0.1) is 0 Å². The maximum Gasteiger partial charge on any atom is 0.268 e. The van der Waals surface area contributed by atoms with E-state index in [1.807, 2.05) is 27.2 Å². The fraction of sp³-hybridized carbons (Fsp3) is 0.895. The molecule has 0 aromatic carbocycles. The van der Waals surface area contributed by atoms with Crippen LogP contribution in [0.25, 0.3) is 0 Å². The second kappa shape index (κ2) is 76.6. The molecule has 1 amide bonds. The van der Waals surface area contributed by atoms with E-state index in [9.17, 15) is 19.4 Å². The van der Waals surface area contributed by atoms with E-state index in [4.69, 9.17) is 9.05 Å². The Morgan fingerprint density at radius 1 is 0.368 bits per heavy atom. The number of aliphatic hydroxyl groups is 1. The highest BCUT2D eigenvalue weighted by Crippen LogP contribution is 2.38. The van der Waals surface area contributed by atoms with Crippen molar-refractivity contribution in [2.24, 2.45) is 0 Å². The van der Waals surface area contributed by atoms with Crippen molar-refractivity contribution in [3.8, 4) is 0 Å². The smallest absolute Gasteiger partial charge is 0.268 e. The van der Waals surface area contributed by atoms with Crippen LogP contribution in [0.4, 0.5) is 0 Å². The number of quaternary nitrogens is 1. The first-order valence-electron chi connectivity index (χ1n) is 42.5. The number of nitrogens with zero attached hydrogens (tertiary/aromatic N) is 1. The van der Waals surface area contributed by atoms with E-state index in [0.717, 1.165) is 51.4 Å². The molecule has 562 valence electrons. The number of allylic oxidation sites excluding steroid dienone is 7. The number of unbranched alkanes of at least 4 members (excludes halogenated alkanes) is 61. The average Bonchev–Trinajstić information content (AvgIpc) is 2.01. The Morgan fingerprint density at radius 3 is 0.884 bits per heavy atom. The highest BCUT2D eigenvalue weighted by Gasteiger charge is 2.23. The number of phosphoric ester groups is 1. The zero-order valence-electron chi connectivity index (χ0n) is 64.7. The zero-order valence-corrected chi connectivity index (χ0v) is 65.5.